The van der Waals surface area contributed by atoms with Gasteiger partial charge in [0, 0.05) is 0 Å². The third-order valence-corrected chi connectivity index (χ3v) is 3.09. The van der Waals surface area contributed by atoms with E-state index in [-0.39, 0.29) is 0 Å². The molecule has 0 bridgehead atoms. The molecule has 1 heteroatoms. The van der Waals surface area contributed by atoms with Crippen molar-refractivity contribution in [3.63, 3.8) is 0 Å². The van der Waals surface area contributed by atoms with Crippen LogP contribution in [0.1, 0.15) is 26.7 Å². The third kappa shape index (κ3) is 2.96. The molecule has 0 aliphatic rings. The van der Waals surface area contributed by atoms with E-state index in [1.807, 2.05) is 0 Å². The largest absolute Gasteiger partial charge is 0.288 e. The van der Waals surface area contributed by atoms with E-state index in [1.165, 1.54) is 31.6 Å². The molecule has 88 valence electrons. The molecule has 0 amide bonds. The lowest BCUT2D eigenvalue weighted by molar-refractivity contribution is 0.300. The Bertz CT molecular complexity index is 296. The van der Waals surface area contributed by atoms with Gasteiger partial charge in [0.2, 0.25) is 0 Å². The fourth-order valence-electron chi connectivity index (χ4n) is 2.51. The summed E-state index contributed by atoms with van der Waals surface area (Å²) >= 11 is 0. The highest BCUT2D eigenvalue weighted by molar-refractivity contribution is 5.43. The molecule has 0 unspecified atom stereocenters. The van der Waals surface area contributed by atoms with Gasteiger partial charge >= 0.3 is 0 Å². The first-order valence-corrected chi connectivity index (χ1v) is 6.31. The van der Waals surface area contributed by atoms with Gasteiger partial charge in [0.25, 0.3) is 0 Å². The highest BCUT2D eigenvalue weighted by Crippen LogP contribution is 2.24. The predicted molar refractivity (Wildman–Crippen MR) is 73.6 cm³/mol. The fraction of sp³-hybridized carbons (Fsp3) is 0.467. The van der Waals surface area contributed by atoms with Gasteiger partial charge in [-0.2, -0.15) is 0 Å². The van der Waals surface area contributed by atoms with Crippen LogP contribution in [-0.2, 0) is 0 Å². The second-order valence-electron chi connectivity index (χ2n) is 4.40. The zero-order valence-electron chi connectivity index (χ0n) is 10.7. The Morgan fingerprint density at radius 1 is 1.06 bits per heavy atom. The maximum Gasteiger partial charge on any atom is 0.133 e. The molecule has 0 aliphatic carbocycles. The van der Waals surface area contributed by atoms with Crippen LogP contribution in [-0.4, -0.2) is 19.6 Å². The summed E-state index contributed by atoms with van der Waals surface area (Å²) in [5, 5.41) is 0. The van der Waals surface area contributed by atoms with E-state index in [0.717, 1.165) is 11.0 Å². The average Bonchev–Trinajstić information content (AvgIpc) is 2.31. The molecule has 0 aliphatic heterocycles. The Morgan fingerprint density at radius 3 is 2.06 bits per heavy atom. The lowest BCUT2D eigenvalue weighted by Crippen LogP contribution is -2.50. The van der Waals surface area contributed by atoms with E-state index in [9.17, 15) is 0 Å². The number of nitrogens with zero attached hydrogens (tertiary/aromatic N) is 1. The zero-order valence-corrected chi connectivity index (χ0v) is 10.7. The van der Waals surface area contributed by atoms with Crippen molar-refractivity contribution >= 4 is 5.69 Å². The average molecular weight is 218 g/mol. The summed E-state index contributed by atoms with van der Waals surface area (Å²) in [5.74, 6) is 0. The second kappa shape index (κ2) is 6.49. The van der Waals surface area contributed by atoms with E-state index in [4.69, 9.17) is 0 Å². The summed E-state index contributed by atoms with van der Waals surface area (Å²) in [7, 11) is 0. The molecule has 0 heterocycles. The van der Waals surface area contributed by atoms with Crippen molar-refractivity contribution in [2.45, 2.75) is 26.7 Å². The standard InChI is InChI=1S/C15H24N/c1-4-12-16(13-5-2,14-6-3)15-10-8-7-9-11-15/h4,7-11H,1,5-6,12-14H2,2-3H3/q+1. The van der Waals surface area contributed by atoms with E-state index >= 15 is 0 Å². The summed E-state index contributed by atoms with van der Waals surface area (Å²) in [6, 6.07) is 10.8. The highest BCUT2D eigenvalue weighted by Gasteiger charge is 2.26. The summed E-state index contributed by atoms with van der Waals surface area (Å²) in [6.45, 7) is 11.9. The van der Waals surface area contributed by atoms with E-state index in [1.54, 1.807) is 0 Å². The minimum absolute atomic E-state index is 1.03. The Morgan fingerprint density at radius 2 is 1.62 bits per heavy atom. The van der Waals surface area contributed by atoms with Crippen molar-refractivity contribution in [2.24, 2.45) is 0 Å². The minimum atomic E-state index is 1.03. The van der Waals surface area contributed by atoms with Crippen LogP contribution in [0.25, 0.3) is 0 Å². The van der Waals surface area contributed by atoms with Gasteiger partial charge in [0.1, 0.15) is 12.2 Å². The molecule has 0 radical (unpaired) electrons. The molecular weight excluding hydrogens is 194 g/mol. The first kappa shape index (κ1) is 13.0. The maximum atomic E-state index is 3.92. The van der Waals surface area contributed by atoms with Gasteiger partial charge in [-0.05, 0) is 31.1 Å². The van der Waals surface area contributed by atoms with Crippen LogP contribution in [0.3, 0.4) is 0 Å². The van der Waals surface area contributed by atoms with Crippen LogP contribution in [0.2, 0.25) is 0 Å². The van der Waals surface area contributed by atoms with Gasteiger partial charge in [-0.3, -0.25) is 4.48 Å². The molecule has 0 saturated carbocycles. The van der Waals surface area contributed by atoms with Crippen LogP contribution in [0.5, 0.6) is 0 Å². The van der Waals surface area contributed by atoms with Crippen molar-refractivity contribution in [3.05, 3.63) is 43.0 Å². The van der Waals surface area contributed by atoms with Gasteiger partial charge in [-0.25, -0.2) is 0 Å². The first-order valence-electron chi connectivity index (χ1n) is 6.31. The normalized spacial score (nSPS) is 11.4. The number of para-hydroxylation sites is 1. The smallest absolute Gasteiger partial charge is 0.133 e. The lowest BCUT2D eigenvalue weighted by Gasteiger charge is -2.37. The SMILES string of the molecule is C=CC[N+](CCC)(CCC)c1ccccc1. The number of hydrogen-bond donors (Lipinski definition) is 0. The second-order valence-corrected chi connectivity index (χ2v) is 4.40. The summed E-state index contributed by atoms with van der Waals surface area (Å²) in [4.78, 5) is 0. The molecular formula is C15H24N+. The number of rotatable bonds is 7. The molecule has 0 spiro atoms. The van der Waals surface area contributed by atoms with Crippen LogP contribution in [0.4, 0.5) is 5.69 Å². The molecule has 0 saturated heterocycles. The summed E-state index contributed by atoms with van der Waals surface area (Å²) in [6.07, 6.45) is 4.48. The van der Waals surface area contributed by atoms with Gasteiger partial charge in [0.05, 0.1) is 13.1 Å². The molecule has 16 heavy (non-hydrogen) atoms. The van der Waals surface area contributed by atoms with Gasteiger partial charge < -0.3 is 0 Å². The van der Waals surface area contributed by atoms with E-state index < -0.39 is 0 Å². The van der Waals surface area contributed by atoms with E-state index in [2.05, 4.69) is 56.8 Å². The third-order valence-electron chi connectivity index (χ3n) is 3.09. The Kier molecular flexibility index (Phi) is 5.27. The first-order chi connectivity index (χ1) is 7.79. The highest BCUT2D eigenvalue weighted by atomic mass is 15.4. The van der Waals surface area contributed by atoms with E-state index in [0.29, 0.717) is 0 Å². The molecule has 1 aromatic carbocycles. The number of benzene rings is 1. The van der Waals surface area contributed by atoms with Crippen LogP contribution < -0.4 is 4.48 Å². The number of quaternary nitrogens is 1. The monoisotopic (exact) mass is 218 g/mol. The zero-order chi connectivity index (χ0) is 11.9. The molecule has 0 aromatic heterocycles. The Balaban J connectivity index is 3.04. The van der Waals surface area contributed by atoms with Crippen LogP contribution in [0, 0.1) is 0 Å². The van der Waals surface area contributed by atoms with Crippen molar-refractivity contribution in [1.29, 1.82) is 0 Å². The summed E-state index contributed by atoms with van der Waals surface area (Å²) < 4.78 is 1.05. The van der Waals surface area contributed by atoms with Crippen molar-refractivity contribution in [2.75, 3.05) is 19.6 Å². The van der Waals surface area contributed by atoms with Gasteiger partial charge in [-0.1, -0.05) is 38.6 Å². The predicted octanol–water partition coefficient (Wildman–Crippen LogP) is 4.00. The minimum Gasteiger partial charge on any atom is -0.288 e. The molecule has 1 rings (SSSR count). The van der Waals surface area contributed by atoms with Crippen molar-refractivity contribution in [3.8, 4) is 0 Å². The molecule has 0 N–H and O–H groups in total. The number of hydrogen-bond acceptors (Lipinski definition) is 0. The Hall–Kier alpha value is -1.08. The van der Waals surface area contributed by atoms with Gasteiger partial charge in [0.15, 0.2) is 0 Å². The Labute approximate surface area is 100.0 Å². The molecule has 0 fully saturated rings. The lowest BCUT2D eigenvalue weighted by atomic mass is 10.2. The molecule has 1 nitrogen and oxygen atoms in total. The quantitative estimate of drug-likeness (QED) is 0.479. The summed E-state index contributed by atoms with van der Waals surface area (Å²) in [5.41, 5.74) is 1.42. The van der Waals surface area contributed by atoms with Crippen LogP contribution in [0.15, 0.2) is 43.0 Å². The fourth-order valence-corrected chi connectivity index (χ4v) is 2.51. The topological polar surface area (TPSA) is 0 Å². The van der Waals surface area contributed by atoms with Crippen molar-refractivity contribution < 1.29 is 0 Å². The molecule has 0 atom stereocenters. The van der Waals surface area contributed by atoms with Crippen molar-refractivity contribution in [1.82, 2.24) is 4.48 Å². The molecule has 1 aromatic rings. The maximum absolute atomic E-state index is 3.92. The van der Waals surface area contributed by atoms with Crippen LogP contribution >= 0.6 is 0 Å². The van der Waals surface area contributed by atoms with Gasteiger partial charge in [-0.15, -0.1) is 0 Å².